The van der Waals surface area contributed by atoms with Crippen LogP contribution in [0.3, 0.4) is 0 Å². The minimum atomic E-state index is -0.610. The molecule has 1 aliphatic carbocycles. The average molecular weight is 1150 g/mol. The highest BCUT2D eigenvalue weighted by Gasteiger charge is 2.46. The van der Waals surface area contributed by atoms with E-state index in [0.717, 1.165) is 105 Å². The molecule has 0 radical (unpaired) electrons. The number of aryl methyl sites for hydroxylation is 2. The number of benzene rings is 10. The predicted molar refractivity (Wildman–Crippen MR) is 364 cm³/mol. The molecule has 1 aliphatic rings. The smallest absolute Gasteiger partial charge is 0.119 e. The lowest BCUT2D eigenvalue weighted by atomic mass is 9.67. The molecule has 10 aromatic carbocycles. The lowest BCUT2D eigenvalue weighted by Gasteiger charge is -2.34. The van der Waals surface area contributed by atoms with Crippen molar-refractivity contribution in [1.82, 2.24) is 0 Å². The van der Waals surface area contributed by atoms with E-state index >= 15 is 0 Å². The summed E-state index contributed by atoms with van der Waals surface area (Å²) in [4.78, 5) is 4.60. The number of methoxy groups -OCH3 is 2. The molecule has 0 spiro atoms. The number of hydrogen-bond donors (Lipinski definition) is 0. The fraction of sp³-hybridized carbons (Fsp3) is 0.259. The molecule has 0 fully saturated rings. The average Bonchev–Trinajstić information content (AvgIpc) is 1.57. The molecule has 0 amide bonds. The third-order valence-corrected chi connectivity index (χ3v) is 17.4. The third kappa shape index (κ3) is 13.5. The van der Waals surface area contributed by atoms with Crippen molar-refractivity contribution in [1.29, 1.82) is 0 Å². The van der Waals surface area contributed by atoms with Gasteiger partial charge in [0.1, 0.15) is 23.0 Å². The molecule has 6 heteroatoms. The molecule has 0 aromatic heterocycles. The highest BCUT2D eigenvalue weighted by molar-refractivity contribution is 5.89. The Balaban J connectivity index is 0.909. The highest BCUT2D eigenvalue weighted by Crippen LogP contribution is 2.57. The van der Waals surface area contributed by atoms with Gasteiger partial charge in [-0.2, -0.15) is 0 Å². The Hall–Kier alpha value is -9.00. The van der Waals surface area contributed by atoms with E-state index in [1.165, 1.54) is 109 Å². The molecule has 0 saturated carbocycles. The second kappa shape index (κ2) is 28.5. The van der Waals surface area contributed by atoms with E-state index in [1.54, 1.807) is 14.2 Å². The maximum Gasteiger partial charge on any atom is 0.119 e. The van der Waals surface area contributed by atoms with Crippen LogP contribution in [0.1, 0.15) is 124 Å². The second-order valence-electron chi connectivity index (χ2n) is 23.4. The first kappa shape index (κ1) is 59.7. The summed E-state index contributed by atoms with van der Waals surface area (Å²) in [5, 5.41) is 0. The van der Waals surface area contributed by atoms with Gasteiger partial charge in [0, 0.05) is 34.1 Å². The van der Waals surface area contributed by atoms with Crippen LogP contribution < -0.4 is 28.7 Å². The first-order valence-corrected chi connectivity index (χ1v) is 31.8. The lowest BCUT2D eigenvalue weighted by molar-refractivity contribution is 0.304. The SMILES string of the molecule is CCCCCCCCOc1ccc(C2(c3ccc(OCCCCCCCC)cc3)c3cc(C)ccc3-c3ccc(-c4ccc(N(c5ccc(OC)cc5)c5ccc(-c6ccc(N(c7ccc(C)cc7)c7ccc(OC)cc7)cc6)cc5)cc4)cc32)cc1. The van der Waals surface area contributed by atoms with Crippen molar-refractivity contribution in [3.8, 4) is 56.4 Å². The Kier molecular flexibility index (Phi) is 19.5. The molecule has 0 N–H and O–H groups in total. The molecular weight excluding hydrogens is 1060 g/mol. The van der Waals surface area contributed by atoms with Crippen molar-refractivity contribution >= 4 is 34.1 Å². The van der Waals surface area contributed by atoms with Gasteiger partial charge < -0.3 is 28.7 Å². The van der Waals surface area contributed by atoms with Crippen LogP contribution >= 0.6 is 0 Å². The molecule has 0 heterocycles. The van der Waals surface area contributed by atoms with E-state index in [4.69, 9.17) is 18.9 Å². The normalized spacial score (nSPS) is 12.1. The fourth-order valence-corrected chi connectivity index (χ4v) is 12.6. The van der Waals surface area contributed by atoms with Crippen molar-refractivity contribution in [2.45, 2.75) is 110 Å². The van der Waals surface area contributed by atoms with Gasteiger partial charge in [0.05, 0.1) is 32.8 Å². The Morgan fingerprint density at radius 3 is 1.01 bits per heavy atom. The van der Waals surface area contributed by atoms with Crippen molar-refractivity contribution < 1.29 is 18.9 Å². The summed E-state index contributed by atoms with van der Waals surface area (Å²) in [7, 11) is 3.41. The zero-order valence-corrected chi connectivity index (χ0v) is 51.9. The summed E-state index contributed by atoms with van der Waals surface area (Å²) < 4.78 is 24.0. The summed E-state index contributed by atoms with van der Waals surface area (Å²) in [6, 6.07) is 84.1. The predicted octanol–water partition coefficient (Wildman–Crippen LogP) is 22.4. The van der Waals surface area contributed by atoms with Gasteiger partial charge in [-0.1, -0.05) is 192 Å². The number of nitrogens with zero attached hydrogens (tertiary/aromatic N) is 2. The fourth-order valence-electron chi connectivity index (χ4n) is 12.6. The zero-order chi connectivity index (χ0) is 60.0. The molecule has 6 nitrogen and oxygen atoms in total. The highest BCUT2D eigenvalue weighted by atomic mass is 16.5. The number of hydrogen-bond acceptors (Lipinski definition) is 6. The number of unbranched alkanes of at least 4 members (excludes halogenated alkanes) is 10. The van der Waals surface area contributed by atoms with Gasteiger partial charge in [-0.05, 0) is 210 Å². The molecule has 10 aromatic rings. The van der Waals surface area contributed by atoms with Gasteiger partial charge in [-0.25, -0.2) is 0 Å². The zero-order valence-electron chi connectivity index (χ0n) is 51.9. The van der Waals surface area contributed by atoms with Crippen molar-refractivity contribution in [3.63, 3.8) is 0 Å². The van der Waals surface area contributed by atoms with Crippen LogP contribution in [-0.4, -0.2) is 27.4 Å². The molecule has 0 atom stereocenters. The van der Waals surface area contributed by atoms with Gasteiger partial charge in [0.25, 0.3) is 0 Å². The quantitative estimate of drug-likeness (QED) is 0.0455. The molecule has 442 valence electrons. The van der Waals surface area contributed by atoms with Crippen LogP contribution in [0.4, 0.5) is 34.1 Å². The van der Waals surface area contributed by atoms with E-state index in [0.29, 0.717) is 0 Å². The second-order valence-corrected chi connectivity index (χ2v) is 23.4. The molecule has 0 saturated heterocycles. The van der Waals surface area contributed by atoms with E-state index in [-0.39, 0.29) is 0 Å². The van der Waals surface area contributed by atoms with Crippen LogP contribution in [0, 0.1) is 13.8 Å². The van der Waals surface area contributed by atoms with Gasteiger partial charge in [0.15, 0.2) is 0 Å². The van der Waals surface area contributed by atoms with Gasteiger partial charge in [-0.3, -0.25) is 0 Å². The minimum Gasteiger partial charge on any atom is -0.497 e. The summed E-state index contributed by atoms with van der Waals surface area (Å²) in [5.74, 6) is 3.46. The van der Waals surface area contributed by atoms with Crippen molar-refractivity contribution in [3.05, 3.63) is 264 Å². The van der Waals surface area contributed by atoms with E-state index in [1.807, 2.05) is 24.3 Å². The molecule has 11 rings (SSSR count). The first-order chi connectivity index (χ1) is 42.8. The van der Waals surface area contributed by atoms with Gasteiger partial charge in [0.2, 0.25) is 0 Å². The van der Waals surface area contributed by atoms with Crippen LogP contribution in [0.2, 0.25) is 0 Å². The number of anilines is 6. The van der Waals surface area contributed by atoms with Crippen molar-refractivity contribution in [2.24, 2.45) is 0 Å². The van der Waals surface area contributed by atoms with Crippen molar-refractivity contribution in [2.75, 3.05) is 37.2 Å². The summed E-state index contributed by atoms with van der Waals surface area (Å²) >= 11 is 0. The monoisotopic (exact) mass is 1150 g/mol. The van der Waals surface area contributed by atoms with Gasteiger partial charge >= 0.3 is 0 Å². The maximum absolute atomic E-state index is 6.42. The minimum absolute atomic E-state index is 0.610. The number of ether oxygens (including phenoxy) is 4. The maximum atomic E-state index is 6.42. The topological polar surface area (TPSA) is 43.4 Å². The molecule has 0 aliphatic heterocycles. The van der Waals surface area contributed by atoms with Crippen LogP contribution in [-0.2, 0) is 5.41 Å². The Morgan fingerprint density at radius 2 is 0.609 bits per heavy atom. The summed E-state index contributed by atoms with van der Waals surface area (Å²) in [6.45, 7) is 10.3. The molecule has 0 unspecified atom stereocenters. The van der Waals surface area contributed by atoms with Crippen LogP contribution in [0.5, 0.6) is 23.0 Å². The molecule has 87 heavy (non-hydrogen) atoms. The first-order valence-electron chi connectivity index (χ1n) is 31.8. The number of fused-ring (bicyclic) bond motifs is 3. The Labute approximate surface area is 518 Å². The standard InChI is InChI=1S/C81H84N2O4/c1-7-9-11-13-15-17-55-86-75-45-29-65(30-46-75)81(66-31-47-76(48-32-66)87-56-18-16-14-12-10-8-2)79-57-60(4)21-53-77(79)78-54-28-64(58-80(78)81)63-26-39-70(40-27-63)83(72-43-51-74(85-6)52-44-72)69-37-24-62(25-38-69)61-22-35-68(36-23-61)82(67-33-19-59(3)20-34-67)71-41-49-73(84-5)50-42-71/h19-54,57-58H,7-18,55-56H2,1-6H3. The van der Waals surface area contributed by atoms with Gasteiger partial charge in [-0.15, -0.1) is 0 Å². The Morgan fingerprint density at radius 1 is 0.299 bits per heavy atom. The van der Waals surface area contributed by atoms with Crippen LogP contribution in [0.25, 0.3) is 33.4 Å². The van der Waals surface area contributed by atoms with E-state index < -0.39 is 5.41 Å². The summed E-state index contributed by atoms with van der Waals surface area (Å²) in [6.07, 6.45) is 14.8. The number of rotatable bonds is 28. The molecular formula is C81H84N2O4. The van der Waals surface area contributed by atoms with E-state index in [2.05, 4.69) is 244 Å². The van der Waals surface area contributed by atoms with E-state index in [9.17, 15) is 0 Å². The van der Waals surface area contributed by atoms with Crippen LogP contribution in [0.15, 0.2) is 231 Å². The lowest BCUT2D eigenvalue weighted by Crippen LogP contribution is -2.28. The molecule has 0 bridgehead atoms. The third-order valence-electron chi connectivity index (χ3n) is 17.4. The summed E-state index contributed by atoms with van der Waals surface area (Å²) in [5.41, 5.74) is 20.2. The Bertz CT molecular complexity index is 3720. The largest absolute Gasteiger partial charge is 0.497 e.